The molecule has 15 aromatic rings. The number of nitrogens with zero attached hydrogens (tertiary/aromatic N) is 3. The zero-order valence-electron chi connectivity index (χ0n) is 54.3. The minimum Gasteiger partial charge on any atom is -0.399 e. The van der Waals surface area contributed by atoms with Crippen LogP contribution in [0.3, 0.4) is 0 Å². The molecular formula is C86H66BBr2N3O4S2. The highest BCUT2D eigenvalue weighted by molar-refractivity contribution is 9.10. The summed E-state index contributed by atoms with van der Waals surface area (Å²) in [5.41, 5.74) is 14.7. The fraction of sp³-hybridized carbons (Fsp3) is 0.0698. The van der Waals surface area contributed by atoms with Crippen LogP contribution in [0, 0.1) is 0 Å². The summed E-state index contributed by atoms with van der Waals surface area (Å²) in [6.07, 6.45) is 0. The highest BCUT2D eigenvalue weighted by Crippen LogP contribution is 2.41. The fourth-order valence-electron chi connectivity index (χ4n) is 12.2. The first-order chi connectivity index (χ1) is 47.7. The number of anilines is 9. The van der Waals surface area contributed by atoms with Crippen molar-refractivity contribution < 1.29 is 9.31 Å². The number of fused-ring (bicyclic) bond motifs is 4. The Hall–Kier alpha value is -10.0. The van der Waals surface area contributed by atoms with Gasteiger partial charge in [0, 0.05) is 100 Å². The van der Waals surface area contributed by atoms with Gasteiger partial charge in [0.05, 0.1) is 11.2 Å². The van der Waals surface area contributed by atoms with E-state index in [1.807, 2.05) is 84.9 Å². The molecule has 1 saturated heterocycles. The Morgan fingerprint density at radius 3 is 0.969 bits per heavy atom. The highest BCUT2D eigenvalue weighted by atomic mass is 79.9. The summed E-state index contributed by atoms with van der Waals surface area (Å²) in [5.74, 6) is 0. The van der Waals surface area contributed by atoms with Crippen LogP contribution >= 0.6 is 54.5 Å². The van der Waals surface area contributed by atoms with Crippen molar-refractivity contribution in [1.82, 2.24) is 0 Å². The number of hydrogen-bond acceptors (Lipinski definition) is 9. The molecule has 98 heavy (non-hydrogen) atoms. The fourth-order valence-corrected chi connectivity index (χ4v) is 15.2. The van der Waals surface area contributed by atoms with Gasteiger partial charge in [0.25, 0.3) is 0 Å². The van der Waals surface area contributed by atoms with Crippen molar-refractivity contribution in [1.29, 1.82) is 0 Å². The third-order valence-electron chi connectivity index (χ3n) is 17.9. The van der Waals surface area contributed by atoms with Crippen LogP contribution in [-0.2, 0) is 9.31 Å². The first kappa shape index (κ1) is 65.3. The lowest BCUT2D eigenvalue weighted by Gasteiger charge is -2.32. The molecule has 12 heteroatoms. The Morgan fingerprint density at radius 2 is 0.571 bits per heavy atom. The maximum atomic E-state index is 14.0. The quantitative estimate of drug-likeness (QED) is 0.0892. The smallest absolute Gasteiger partial charge is 0.399 e. The molecule has 0 N–H and O–H groups in total. The SMILES string of the molecule is CC1(C)OB(c2ccc(N(c3ccccc3)c3ccccc3)cc2)OC1(C)C.O=c1c2ccc(-c3ccc(N(c4ccccc4)c4ccccc4)cc3)cc2sc2ccc(-c3ccc(N(c4ccccc4)c4ccccc4)cc3)cc12.O=c1c2ccc(Br)cc2sc2ccc(Br)cc12. The maximum absolute atomic E-state index is 14.0. The molecular weight excluding hydrogens is 1370 g/mol. The molecule has 0 bridgehead atoms. The van der Waals surface area contributed by atoms with Gasteiger partial charge in [0.1, 0.15) is 0 Å². The average Bonchev–Trinajstić information content (AvgIpc) is 1.40. The van der Waals surface area contributed by atoms with E-state index in [1.165, 1.54) is 0 Å². The van der Waals surface area contributed by atoms with Gasteiger partial charge in [-0.15, -0.1) is 22.7 Å². The topological polar surface area (TPSA) is 62.3 Å². The predicted octanol–water partition coefficient (Wildman–Crippen LogP) is 24.1. The molecule has 0 amide bonds. The monoisotopic (exact) mass is 1440 g/mol. The van der Waals surface area contributed by atoms with E-state index in [0.717, 1.165) is 128 Å². The van der Waals surface area contributed by atoms with E-state index in [4.69, 9.17) is 9.31 Å². The number of para-hydroxylation sites is 6. The molecule has 1 aliphatic rings. The van der Waals surface area contributed by atoms with Gasteiger partial charge in [-0.2, -0.15) is 0 Å². The standard InChI is InChI=1S/C49H34N2OS.C24H26BNO2.C13H6Br2OS/c52-49-45-31-25-38(36-23-29-44(30-24-36)51(41-17-9-3-10-18-41)42-19-11-4-12-20-42)34-48(45)53-47-32-26-37(33-46(47)49)35-21-27-43(28-22-35)50(39-13-5-1-6-14-39)40-15-7-2-8-16-40;1-23(2)24(3,4)28-25(27-23)19-15-17-22(18-16-19)26(20-11-7-5-8-12-20)21-13-9-6-10-14-21;14-7-2-4-11-10(5-7)13(16)9-3-1-8(15)6-12(9)17-11/h1-34H;5-18H,1-4H3;1-6H. The van der Waals surface area contributed by atoms with Crippen LogP contribution in [0.25, 0.3) is 62.6 Å². The van der Waals surface area contributed by atoms with Gasteiger partial charge in [-0.1, -0.05) is 190 Å². The summed E-state index contributed by atoms with van der Waals surface area (Å²) in [5, 5.41) is 3.05. The van der Waals surface area contributed by atoms with Crippen LogP contribution in [0.5, 0.6) is 0 Å². The van der Waals surface area contributed by atoms with Crippen molar-refractivity contribution in [2.24, 2.45) is 0 Å². The van der Waals surface area contributed by atoms with E-state index in [2.05, 4.69) is 317 Å². The third-order valence-corrected chi connectivity index (χ3v) is 21.2. The van der Waals surface area contributed by atoms with E-state index >= 15 is 0 Å². The van der Waals surface area contributed by atoms with Gasteiger partial charge in [0.2, 0.25) is 0 Å². The Balaban J connectivity index is 0.000000150. The molecule has 478 valence electrons. The van der Waals surface area contributed by atoms with Crippen LogP contribution in [0.1, 0.15) is 27.7 Å². The van der Waals surface area contributed by atoms with Gasteiger partial charge in [-0.3, -0.25) is 9.59 Å². The van der Waals surface area contributed by atoms with Gasteiger partial charge in [-0.25, -0.2) is 0 Å². The van der Waals surface area contributed by atoms with Crippen molar-refractivity contribution in [3.63, 3.8) is 0 Å². The van der Waals surface area contributed by atoms with Crippen molar-refractivity contribution in [2.45, 2.75) is 38.9 Å². The summed E-state index contributed by atoms with van der Waals surface area (Å²) in [6, 6.07) is 112. The van der Waals surface area contributed by atoms with Gasteiger partial charge < -0.3 is 24.0 Å². The molecule has 1 fully saturated rings. The summed E-state index contributed by atoms with van der Waals surface area (Å²) in [7, 11) is -0.346. The largest absolute Gasteiger partial charge is 0.494 e. The lowest BCUT2D eigenvalue weighted by Crippen LogP contribution is -2.41. The van der Waals surface area contributed by atoms with Crippen molar-refractivity contribution in [3.8, 4) is 22.3 Å². The Morgan fingerprint density at radius 1 is 0.286 bits per heavy atom. The second-order valence-electron chi connectivity index (χ2n) is 24.9. The van der Waals surface area contributed by atoms with Crippen LogP contribution in [-0.4, -0.2) is 18.3 Å². The van der Waals surface area contributed by atoms with Crippen LogP contribution in [0.4, 0.5) is 51.2 Å². The van der Waals surface area contributed by atoms with E-state index < -0.39 is 0 Å². The first-order valence-electron chi connectivity index (χ1n) is 32.4. The summed E-state index contributed by atoms with van der Waals surface area (Å²) in [4.78, 5) is 33.0. The van der Waals surface area contributed by atoms with Gasteiger partial charge in [-0.05, 0) is 225 Å². The number of benzene rings is 13. The number of rotatable bonds is 12. The van der Waals surface area contributed by atoms with Gasteiger partial charge in [0.15, 0.2) is 10.9 Å². The summed E-state index contributed by atoms with van der Waals surface area (Å²) >= 11 is 10.1. The van der Waals surface area contributed by atoms with E-state index in [0.29, 0.717) is 0 Å². The van der Waals surface area contributed by atoms with Crippen LogP contribution < -0.4 is 31.0 Å². The third kappa shape index (κ3) is 14.0. The first-order valence-corrected chi connectivity index (χ1v) is 35.6. The molecule has 13 aromatic carbocycles. The molecule has 0 aliphatic carbocycles. The molecule has 0 atom stereocenters. The van der Waals surface area contributed by atoms with E-state index in [1.54, 1.807) is 22.7 Å². The molecule has 3 heterocycles. The van der Waals surface area contributed by atoms with Crippen molar-refractivity contribution in [3.05, 3.63) is 357 Å². The molecule has 0 radical (unpaired) electrons. The molecule has 2 aromatic heterocycles. The Kier molecular flexibility index (Phi) is 19.0. The maximum Gasteiger partial charge on any atom is 0.494 e. The highest BCUT2D eigenvalue weighted by Gasteiger charge is 2.51. The van der Waals surface area contributed by atoms with Crippen LogP contribution in [0.2, 0.25) is 0 Å². The normalized spacial score (nSPS) is 12.9. The predicted molar refractivity (Wildman–Crippen MR) is 424 cm³/mol. The lowest BCUT2D eigenvalue weighted by molar-refractivity contribution is 0.00578. The zero-order valence-corrected chi connectivity index (χ0v) is 59.1. The second kappa shape index (κ2) is 28.6. The van der Waals surface area contributed by atoms with Crippen molar-refractivity contribution in [2.75, 3.05) is 14.7 Å². The van der Waals surface area contributed by atoms with Gasteiger partial charge >= 0.3 is 7.12 Å². The van der Waals surface area contributed by atoms with Crippen LogP contribution in [0.15, 0.2) is 346 Å². The van der Waals surface area contributed by atoms with E-state index in [9.17, 15) is 9.59 Å². The van der Waals surface area contributed by atoms with E-state index in [-0.39, 0.29) is 29.2 Å². The molecule has 0 saturated carbocycles. The average molecular weight is 1440 g/mol. The molecule has 7 nitrogen and oxygen atoms in total. The molecule has 0 unspecified atom stereocenters. The minimum atomic E-state index is -0.346. The molecule has 16 rings (SSSR count). The lowest BCUT2D eigenvalue weighted by atomic mass is 9.79. The molecule has 1 aliphatic heterocycles. The van der Waals surface area contributed by atoms with Crippen molar-refractivity contribution >= 4 is 159 Å². The number of halogens is 2. The summed E-state index contributed by atoms with van der Waals surface area (Å²) < 4.78 is 18.3. The summed E-state index contributed by atoms with van der Waals surface area (Å²) in [6.45, 7) is 8.31. The second-order valence-corrected chi connectivity index (χ2v) is 28.9. The number of hydrogen-bond donors (Lipinski definition) is 0. The molecule has 0 spiro atoms. The zero-order chi connectivity index (χ0) is 67.3. The minimum absolute atomic E-state index is 0.0646. The Labute approximate surface area is 596 Å². The Bertz CT molecular complexity index is 5270.